The second-order valence-electron chi connectivity index (χ2n) is 4.96. The van der Waals surface area contributed by atoms with Crippen LogP contribution in [0.2, 0.25) is 0 Å². The van der Waals surface area contributed by atoms with Crippen molar-refractivity contribution in [3.05, 3.63) is 35.2 Å². The first kappa shape index (κ1) is 12.6. The van der Waals surface area contributed by atoms with Crippen LogP contribution in [-0.4, -0.2) is 12.7 Å². The summed E-state index contributed by atoms with van der Waals surface area (Å²) < 4.78 is 6.74. The molecule has 0 saturated carbocycles. The number of methoxy groups -OCH3 is 1. The van der Waals surface area contributed by atoms with Crippen molar-refractivity contribution in [1.29, 1.82) is 0 Å². The Bertz CT molecular complexity index is 504. The van der Waals surface area contributed by atoms with E-state index in [9.17, 15) is 0 Å². The van der Waals surface area contributed by atoms with Crippen LogP contribution in [0.4, 0.5) is 0 Å². The third kappa shape index (κ3) is 2.68. The predicted molar refractivity (Wildman–Crippen MR) is 74.5 cm³/mol. The number of ether oxygens (including phenoxy) is 1. The van der Waals surface area contributed by atoms with Crippen molar-refractivity contribution in [2.24, 2.45) is 5.73 Å². The van der Waals surface area contributed by atoms with Gasteiger partial charge in [-0.3, -0.25) is 0 Å². The van der Waals surface area contributed by atoms with E-state index in [1.165, 1.54) is 15.6 Å². The SMILES string of the molecule is COC(C)(C)CC(N)c1cccc2ccsc12. The second kappa shape index (κ2) is 4.77. The quantitative estimate of drug-likeness (QED) is 0.896. The van der Waals surface area contributed by atoms with Gasteiger partial charge in [-0.1, -0.05) is 18.2 Å². The molecule has 0 radical (unpaired) electrons. The molecule has 0 saturated heterocycles. The minimum absolute atomic E-state index is 0.0206. The van der Waals surface area contributed by atoms with Crippen molar-refractivity contribution in [3.8, 4) is 0 Å². The summed E-state index contributed by atoms with van der Waals surface area (Å²) in [4.78, 5) is 0. The Labute approximate surface area is 106 Å². The molecule has 1 aromatic heterocycles. The van der Waals surface area contributed by atoms with Crippen LogP contribution < -0.4 is 5.73 Å². The fourth-order valence-electron chi connectivity index (χ4n) is 2.03. The zero-order chi connectivity index (χ0) is 12.5. The zero-order valence-corrected chi connectivity index (χ0v) is 11.4. The lowest BCUT2D eigenvalue weighted by atomic mass is 9.94. The molecule has 2 N–H and O–H groups in total. The summed E-state index contributed by atoms with van der Waals surface area (Å²) in [6, 6.07) is 8.48. The minimum Gasteiger partial charge on any atom is -0.379 e. The summed E-state index contributed by atoms with van der Waals surface area (Å²) in [6.45, 7) is 4.14. The molecule has 2 rings (SSSR count). The topological polar surface area (TPSA) is 35.2 Å². The van der Waals surface area contributed by atoms with Crippen LogP contribution in [-0.2, 0) is 4.74 Å². The van der Waals surface area contributed by atoms with Crippen LogP contribution in [0, 0.1) is 0 Å². The van der Waals surface area contributed by atoms with Crippen LogP contribution in [0.3, 0.4) is 0 Å². The maximum atomic E-state index is 6.31. The van der Waals surface area contributed by atoms with E-state index in [0.29, 0.717) is 0 Å². The summed E-state index contributed by atoms with van der Waals surface area (Å²) >= 11 is 1.76. The van der Waals surface area contributed by atoms with E-state index in [2.05, 4.69) is 43.5 Å². The first-order valence-corrected chi connectivity index (χ1v) is 6.68. The lowest BCUT2D eigenvalue weighted by molar-refractivity contribution is 0.0101. The van der Waals surface area contributed by atoms with Crippen LogP contribution >= 0.6 is 11.3 Å². The molecule has 0 amide bonds. The molecule has 2 aromatic rings. The molecular formula is C14H19NOS. The molecule has 17 heavy (non-hydrogen) atoms. The number of thiophene rings is 1. The molecule has 0 aliphatic rings. The van der Waals surface area contributed by atoms with Gasteiger partial charge in [0.1, 0.15) is 0 Å². The lowest BCUT2D eigenvalue weighted by Crippen LogP contribution is -2.28. The average molecular weight is 249 g/mol. The molecule has 3 heteroatoms. The summed E-state index contributed by atoms with van der Waals surface area (Å²) in [5.74, 6) is 0. The number of fused-ring (bicyclic) bond motifs is 1. The molecule has 0 aliphatic heterocycles. The van der Waals surface area contributed by atoms with Crippen molar-refractivity contribution < 1.29 is 4.74 Å². The van der Waals surface area contributed by atoms with Crippen molar-refractivity contribution in [1.82, 2.24) is 0 Å². The standard InChI is InChI=1S/C14H19NOS/c1-14(2,16-3)9-12(15)11-6-4-5-10-7-8-17-13(10)11/h4-8,12H,9,15H2,1-3H3. The molecule has 1 aromatic carbocycles. The lowest BCUT2D eigenvalue weighted by Gasteiger charge is -2.26. The van der Waals surface area contributed by atoms with Gasteiger partial charge in [-0.2, -0.15) is 0 Å². The Morgan fingerprint density at radius 2 is 2.12 bits per heavy atom. The van der Waals surface area contributed by atoms with Crippen LogP contribution in [0.5, 0.6) is 0 Å². The van der Waals surface area contributed by atoms with Gasteiger partial charge in [0.25, 0.3) is 0 Å². The van der Waals surface area contributed by atoms with Gasteiger partial charge in [0.2, 0.25) is 0 Å². The highest BCUT2D eigenvalue weighted by atomic mass is 32.1. The van der Waals surface area contributed by atoms with E-state index in [1.807, 2.05) is 0 Å². The molecule has 1 heterocycles. The maximum Gasteiger partial charge on any atom is 0.0640 e. The smallest absolute Gasteiger partial charge is 0.0640 e. The molecule has 92 valence electrons. The van der Waals surface area contributed by atoms with Gasteiger partial charge in [0.05, 0.1) is 5.60 Å². The Kier molecular flexibility index (Phi) is 3.52. The third-order valence-corrected chi connectivity index (χ3v) is 4.15. The zero-order valence-electron chi connectivity index (χ0n) is 10.6. The van der Waals surface area contributed by atoms with Gasteiger partial charge < -0.3 is 10.5 Å². The van der Waals surface area contributed by atoms with E-state index in [-0.39, 0.29) is 11.6 Å². The average Bonchev–Trinajstić information content (AvgIpc) is 2.76. The first-order valence-electron chi connectivity index (χ1n) is 5.80. The Morgan fingerprint density at radius 1 is 1.35 bits per heavy atom. The molecule has 0 aliphatic carbocycles. The van der Waals surface area contributed by atoms with Crippen LogP contribution in [0.1, 0.15) is 31.9 Å². The Balaban J connectivity index is 2.30. The van der Waals surface area contributed by atoms with E-state index in [0.717, 1.165) is 6.42 Å². The number of rotatable bonds is 4. The molecule has 2 nitrogen and oxygen atoms in total. The summed E-state index contributed by atoms with van der Waals surface area (Å²) in [5.41, 5.74) is 7.35. The van der Waals surface area contributed by atoms with E-state index >= 15 is 0 Å². The van der Waals surface area contributed by atoms with E-state index in [1.54, 1.807) is 18.4 Å². The molecule has 0 spiro atoms. The monoisotopic (exact) mass is 249 g/mol. The molecule has 0 bridgehead atoms. The number of nitrogens with two attached hydrogens (primary N) is 1. The van der Waals surface area contributed by atoms with E-state index < -0.39 is 0 Å². The third-order valence-electron chi connectivity index (χ3n) is 3.17. The first-order chi connectivity index (χ1) is 8.03. The highest BCUT2D eigenvalue weighted by Gasteiger charge is 2.22. The van der Waals surface area contributed by atoms with E-state index in [4.69, 9.17) is 10.5 Å². The predicted octanol–water partition coefficient (Wildman–Crippen LogP) is 3.72. The van der Waals surface area contributed by atoms with Crippen molar-refractivity contribution in [2.75, 3.05) is 7.11 Å². The minimum atomic E-state index is -0.182. The van der Waals surface area contributed by atoms with Gasteiger partial charge in [-0.25, -0.2) is 0 Å². The van der Waals surface area contributed by atoms with Gasteiger partial charge in [-0.05, 0) is 42.7 Å². The van der Waals surface area contributed by atoms with Gasteiger partial charge in [0.15, 0.2) is 0 Å². The molecular weight excluding hydrogens is 230 g/mol. The fourth-order valence-corrected chi connectivity index (χ4v) is 3.01. The summed E-state index contributed by atoms with van der Waals surface area (Å²) in [7, 11) is 1.73. The number of benzene rings is 1. The highest BCUT2D eigenvalue weighted by molar-refractivity contribution is 7.17. The molecule has 1 atom stereocenters. The van der Waals surface area contributed by atoms with Gasteiger partial charge in [0, 0.05) is 17.9 Å². The Hall–Kier alpha value is -0.900. The number of hydrogen-bond donors (Lipinski definition) is 1. The summed E-state index contributed by atoms with van der Waals surface area (Å²) in [5, 5.41) is 3.39. The normalized spacial score (nSPS) is 14.1. The highest BCUT2D eigenvalue weighted by Crippen LogP contribution is 2.32. The molecule has 0 fully saturated rings. The Morgan fingerprint density at radius 3 is 2.82 bits per heavy atom. The maximum absolute atomic E-state index is 6.31. The van der Waals surface area contributed by atoms with Crippen LogP contribution in [0.15, 0.2) is 29.6 Å². The van der Waals surface area contributed by atoms with Gasteiger partial charge >= 0.3 is 0 Å². The number of hydrogen-bond acceptors (Lipinski definition) is 3. The van der Waals surface area contributed by atoms with Crippen molar-refractivity contribution in [3.63, 3.8) is 0 Å². The molecule has 1 unspecified atom stereocenters. The summed E-state index contributed by atoms with van der Waals surface area (Å²) in [6.07, 6.45) is 0.820. The fraction of sp³-hybridized carbons (Fsp3) is 0.429. The van der Waals surface area contributed by atoms with Crippen LogP contribution in [0.25, 0.3) is 10.1 Å². The van der Waals surface area contributed by atoms with Crippen molar-refractivity contribution in [2.45, 2.75) is 31.9 Å². The largest absolute Gasteiger partial charge is 0.379 e. The second-order valence-corrected chi connectivity index (χ2v) is 5.88. The van der Waals surface area contributed by atoms with Crippen molar-refractivity contribution >= 4 is 21.4 Å². The van der Waals surface area contributed by atoms with Gasteiger partial charge in [-0.15, -0.1) is 11.3 Å².